The number of nitrogens with zero attached hydrogens (tertiary/aromatic N) is 3. The summed E-state index contributed by atoms with van der Waals surface area (Å²) in [6.07, 6.45) is 34.8. The number of hydrogen-bond donors (Lipinski definition) is 0. The van der Waals surface area contributed by atoms with Crippen molar-refractivity contribution in [3.05, 3.63) is 119 Å². The van der Waals surface area contributed by atoms with Gasteiger partial charge in [-0.25, -0.2) is 4.79 Å². The molecule has 0 N–H and O–H groups in total. The number of carbonyl (C=O) groups excluding carboxylic acids is 2. The zero-order valence-corrected chi connectivity index (χ0v) is 50.8. The fraction of sp³-hybridized carbons (Fsp3) is 0.536. The van der Waals surface area contributed by atoms with Crippen LogP contribution in [0.1, 0.15) is 217 Å². The molecule has 0 radical (unpaired) electrons. The number of benzene rings is 4. The maximum atomic E-state index is 14.4. The molecule has 0 saturated carbocycles. The molecule has 436 valence electrons. The van der Waals surface area contributed by atoms with E-state index in [0.29, 0.717) is 42.4 Å². The molecule has 0 fully saturated rings. The molecule has 0 aliphatic carbocycles. The van der Waals surface area contributed by atoms with Gasteiger partial charge in [-0.3, -0.25) is 9.69 Å². The molecule has 80 heavy (non-hydrogen) atoms. The van der Waals surface area contributed by atoms with Crippen LogP contribution in [0.25, 0.3) is 17.2 Å². The van der Waals surface area contributed by atoms with Gasteiger partial charge in [-0.15, -0.1) is 0 Å². The maximum Gasteiger partial charge on any atom is 0.343 e. The number of anilines is 1. The van der Waals surface area contributed by atoms with Crippen molar-refractivity contribution in [2.24, 2.45) is 4.99 Å². The number of rotatable bonds is 40. The molecule has 0 saturated heterocycles. The Morgan fingerprint density at radius 2 is 1.11 bits per heavy atom. The summed E-state index contributed by atoms with van der Waals surface area (Å²) >= 11 is 5.73. The second-order valence-corrected chi connectivity index (χ2v) is 22.1. The Kier molecular flexibility index (Phi) is 30.7. The number of ether oxygens (including phenoxy) is 5. The Morgan fingerprint density at radius 1 is 0.613 bits per heavy atom. The van der Waals surface area contributed by atoms with Crippen LogP contribution >= 0.6 is 12.2 Å². The fourth-order valence-corrected chi connectivity index (χ4v) is 9.93. The summed E-state index contributed by atoms with van der Waals surface area (Å²) in [5.41, 5.74) is 4.95. The number of aliphatic imine (C=N–C) groups is 1. The third-order valence-electron chi connectivity index (χ3n) is 14.6. The minimum Gasteiger partial charge on any atom is -0.494 e. The van der Waals surface area contributed by atoms with Gasteiger partial charge in [-0.05, 0) is 116 Å². The number of carbonyl (C=O) groups is 2. The topological polar surface area (TPSA) is 99.1 Å². The summed E-state index contributed by atoms with van der Waals surface area (Å²) in [5.74, 6) is 2.05. The first-order chi connectivity index (χ1) is 39.0. The summed E-state index contributed by atoms with van der Waals surface area (Å²) in [6.45, 7) is 13.0. The van der Waals surface area contributed by atoms with Crippen molar-refractivity contribution in [3.63, 3.8) is 0 Å². The molecule has 1 aliphatic rings. The fourth-order valence-electron chi connectivity index (χ4n) is 9.67. The molecule has 1 heterocycles. The predicted octanol–water partition coefficient (Wildman–Crippen LogP) is 18.7. The number of amides is 1. The zero-order valence-electron chi connectivity index (χ0n) is 50.0. The number of esters is 1. The zero-order chi connectivity index (χ0) is 57.2. The van der Waals surface area contributed by atoms with Gasteiger partial charge in [0, 0.05) is 32.3 Å². The Labute approximate surface area is 487 Å². The van der Waals surface area contributed by atoms with Gasteiger partial charge < -0.3 is 28.6 Å². The Bertz CT molecular complexity index is 2520. The van der Waals surface area contributed by atoms with Crippen molar-refractivity contribution >= 4 is 46.9 Å². The Balaban J connectivity index is 1.34. The quantitative estimate of drug-likeness (QED) is 0.0142. The lowest BCUT2D eigenvalue weighted by atomic mass is 10.0. The summed E-state index contributed by atoms with van der Waals surface area (Å²) in [7, 11) is 3.90. The lowest BCUT2D eigenvalue weighted by Gasteiger charge is -2.27. The normalized spacial score (nSPS) is 13.5. The van der Waals surface area contributed by atoms with Crippen LogP contribution in [0.3, 0.4) is 0 Å². The average Bonchev–Trinajstić information content (AvgIpc) is 3.48. The first kappa shape index (κ1) is 64.9. The van der Waals surface area contributed by atoms with Crippen LogP contribution in [0.4, 0.5) is 5.69 Å². The van der Waals surface area contributed by atoms with E-state index >= 15 is 0 Å². The average molecular weight is 1110 g/mol. The molecule has 1 amide bonds. The first-order valence-corrected chi connectivity index (χ1v) is 31.2. The van der Waals surface area contributed by atoms with Gasteiger partial charge in [-0.1, -0.05) is 205 Å². The molecule has 0 unspecified atom stereocenters. The highest BCUT2D eigenvalue weighted by Crippen LogP contribution is 2.37. The Morgan fingerprint density at radius 3 is 1.66 bits per heavy atom. The van der Waals surface area contributed by atoms with E-state index in [4.69, 9.17) is 40.9 Å². The number of thiocarbonyl (C=S) groups is 1. The van der Waals surface area contributed by atoms with Crippen LogP contribution in [-0.2, 0) is 16.1 Å². The molecule has 10 nitrogen and oxygen atoms in total. The number of hydrogen-bond acceptors (Lipinski definition) is 9. The summed E-state index contributed by atoms with van der Waals surface area (Å²) in [5, 5.41) is 0.187. The first-order valence-electron chi connectivity index (χ1n) is 30.8. The summed E-state index contributed by atoms with van der Waals surface area (Å²) in [4.78, 5) is 36.7. The molecule has 11 heteroatoms. The monoisotopic (exact) mass is 1110 g/mol. The van der Waals surface area contributed by atoms with Gasteiger partial charge in [0.05, 0.1) is 30.6 Å². The van der Waals surface area contributed by atoms with E-state index < -0.39 is 5.97 Å². The van der Waals surface area contributed by atoms with E-state index in [2.05, 4.69) is 46.8 Å². The van der Waals surface area contributed by atoms with Gasteiger partial charge in [0.2, 0.25) is 11.0 Å². The minimum atomic E-state index is -0.502. The second-order valence-electron chi connectivity index (χ2n) is 21.8. The van der Waals surface area contributed by atoms with Crippen molar-refractivity contribution in [1.82, 2.24) is 4.90 Å². The van der Waals surface area contributed by atoms with Gasteiger partial charge >= 0.3 is 5.97 Å². The van der Waals surface area contributed by atoms with Gasteiger partial charge in [-0.2, -0.15) is 4.99 Å². The smallest absolute Gasteiger partial charge is 0.343 e. The lowest BCUT2D eigenvalue weighted by molar-refractivity contribution is -0.123. The molecule has 0 bridgehead atoms. The highest BCUT2D eigenvalue weighted by molar-refractivity contribution is 7.80. The minimum absolute atomic E-state index is 0.0498. The van der Waals surface area contributed by atoms with E-state index in [1.807, 2.05) is 85.7 Å². The van der Waals surface area contributed by atoms with Crippen molar-refractivity contribution in [1.29, 1.82) is 0 Å². The largest absolute Gasteiger partial charge is 0.494 e. The molecule has 0 spiro atoms. The third-order valence-corrected chi connectivity index (χ3v) is 14.9. The SMILES string of the molecule is CCCCCCCCCCOc1ccc(COC2=NC(=S)N(CCCCCC)C(=O)/C2=C\C=C\c2cc(O[C@@H](C)CCCCCC)c(N(C)C)cc2OC(=O)c2ccc(-c3ccc(OCCCCCCCCCC)cc3)cc2)cc1. The van der Waals surface area contributed by atoms with Crippen molar-refractivity contribution < 1.29 is 33.3 Å². The maximum absolute atomic E-state index is 14.4. The van der Waals surface area contributed by atoms with E-state index in [9.17, 15) is 9.59 Å². The number of allylic oxidation sites excluding steroid dienone is 2. The van der Waals surface area contributed by atoms with Crippen LogP contribution in [0.2, 0.25) is 0 Å². The molecule has 0 aromatic heterocycles. The van der Waals surface area contributed by atoms with E-state index in [1.54, 1.807) is 29.2 Å². The van der Waals surface area contributed by atoms with Crippen molar-refractivity contribution in [2.45, 2.75) is 208 Å². The van der Waals surface area contributed by atoms with Crippen molar-refractivity contribution in [3.8, 4) is 34.1 Å². The third kappa shape index (κ3) is 23.3. The second kappa shape index (κ2) is 37.9. The van der Waals surface area contributed by atoms with E-state index in [1.165, 1.54) is 96.3 Å². The Hall–Kier alpha value is -5.94. The standard InChI is InChI=1S/C69H97N3O7S/c1-8-12-16-20-22-24-26-30-49-75-60-44-36-55(37-45-60)53-77-66-62(67(73)72(69(80)70-66)48-29-19-15-11-4)35-32-34-59-51-65(78-54(5)33-28-18-14-10-3)63(71(6)7)52-64(59)79-68(74)58-40-38-56(39-41-58)57-42-46-61(47-43-57)76-50-31-27-25-23-21-17-13-9-2/h32,34-47,51-52,54H,8-31,33,48-50,53H2,1-7H3/b34-32+,62-35-/t54-/m0/s1. The highest BCUT2D eigenvalue weighted by Gasteiger charge is 2.31. The molecule has 4 aromatic rings. The molecular weight excluding hydrogens is 1010 g/mol. The van der Waals surface area contributed by atoms with Crippen LogP contribution in [0.15, 0.2) is 108 Å². The van der Waals surface area contributed by atoms with Crippen molar-refractivity contribution in [2.75, 3.05) is 38.8 Å². The van der Waals surface area contributed by atoms with E-state index in [-0.39, 0.29) is 35.2 Å². The molecule has 5 rings (SSSR count). The van der Waals surface area contributed by atoms with Crippen LogP contribution in [0, 0.1) is 0 Å². The lowest BCUT2D eigenvalue weighted by Crippen LogP contribution is -2.43. The summed E-state index contributed by atoms with van der Waals surface area (Å²) in [6, 6.07) is 27.2. The van der Waals surface area contributed by atoms with E-state index in [0.717, 1.165) is 98.1 Å². The van der Waals surface area contributed by atoms with Gasteiger partial charge in [0.15, 0.2) is 0 Å². The molecule has 4 aromatic carbocycles. The number of unbranched alkanes of at least 4 members (excludes halogenated alkanes) is 20. The van der Waals surface area contributed by atoms with Crippen LogP contribution in [0.5, 0.6) is 23.0 Å². The highest BCUT2D eigenvalue weighted by atomic mass is 32.1. The molecule has 1 aliphatic heterocycles. The predicted molar refractivity (Wildman–Crippen MR) is 337 cm³/mol. The van der Waals surface area contributed by atoms with Crippen LogP contribution < -0.4 is 23.8 Å². The van der Waals surface area contributed by atoms with Gasteiger partial charge in [0.25, 0.3) is 5.91 Å². The van der Waals surface area contributed by atoms with Crippen LogP contribution in [-0.4, -0.2) is 67.7 Å². The molecular formula is C69H97N3O7S. The summed E-state index contributed by atoms with van der Waals surface area (Å²) < 4.78 is 31.4. The molecule has 1 atom stereocenters. The van der Waals surface area contributed by atoms with Gasteiger partial charge in [0.1, 0.15) is 35.2 Å².